The van der Waals surface area contributed by atoms with Crippen LogP contribution in [0.2, 0.25) is 0 Å². The Morgan fingerprint density at radius 2 is 1.88 bits per heavy atom. The van der Waals surface area contributed by atoms with Crippen LogP contribution in [0.4, 0.5) is 0 Å². The predicted molar refractivity (Wildman–Crippen MR) is 91.0 cm³/mol. The zero-order chi connectivity index (χ0) is 17.5. The molecule has 1 N–H and O–H groups in total. The van der Waals surface area contributed by atoms with Crippen LogP contribution in [0.15, 0.2) is 51.9 Å². The van der Waals surface area contributed by atoms with Crippen LogP contribution in [0.1, 0.15) is 11.3 Å². The van der Waals surface area contributed by atoms with Gasteiger partial charge in [0.2, 0.25) is 18.1 Å². The molecule has 128 valence electrons. The molecular weight excluding hydrogens is 336 g/mol. The summed E-state index contributed by atoms with van der Waals surface area (Å²) in [4.78, 5) is 19.0. The molecule has 8 heteroatoms. The van der Waals surface area contributed by atoms with Gasteiger partial charge in [-0.15, -0.1) is 0 Å². The molecule has 2 aromatic carbocycles. The van der Waals surface area contributed by atoms with Crippen LogP contribution in [-0.4, -0.2) is 27.1 Å². The van der Waals surface area contributed by atoms with E-state index in [-0.39, 0.29) is 23.6 Å². The molecule has 0 fully saturated rings. The maximum Gasteiger partial charge on any atom is 0.271 e. The van der Waals surface area contributed by atoms with E-state index in [2.05, 4.69) is 24.9 Å². The third-order valence-corrected chi connectivity index (χ3v) is 4.21. The van der Waals surface area contributed by atoms with E-state index in [9.17, 15) is 4.79 Å². The first kappa shape index (κ1) is 14.6. The normalized spacial score (nSPS) is 12.6. The number of hydrogen-bond acceptors (Lipinski definition) is 7. The second-order valence-electron chi connectivity index (χ2n) is 5.89. The van der Waals surface area contributed by atoms with Crippen molar-refractivity contribution in [2.45, 2.75) is 6.42 Å². The molecule has 0 spiro atoms. The van der Waals surface area contributed by atoms with Crippen LogP contribution in [0.25, 0.3) is 22.4 Å². The number of rotatable bonds is 3. The van der Waals surface area contributed by atoms with Crippen molar-refractivity contribution in [3.63, 3.8) is 0 Å². The average Bonchev–Trinajstić information content (AvgIpc) is 3.30. The second kappa shape index (κ2) is 5.69. The summed E-state index contributed by atoms with van der Waals surface area (Å²) in [5.74, 6) is 1.48. The standard InChI is InChI=1S/C18H12N4O4/c23-18-13(19-16-17(20-18)22-26-21-16)7-10-2-1-3-11(6-10)12-4-5-14-15(8-12)25-9-24-14/h1-6,8H,7,9H2,(H,20,22,23). The van der Waals surface area contributed by atoms with Crippen molar-refractivity contribution in [1.82, 2.24) is 20.3 Å². The van der Waals surface area contributed by atoms with E-state index >= 15 is 0 Å². The fraction of sp³-hybridized carbons (Fsp3) is 0.111. The van der Waals surface area contributed by atoms with Crippen molar-refractivity contribution in [3.05, 3.63) is 64.1 Å². The monoisotopic (exact) mass is 348 g/mol. The summed E-state index contributed by atoms with van der Waals surface area (Å²) < 4.78 is 15.4. The summed E-state index contributed by atoms with van der Waals surface area (Å²) >= 11 is 0. The molecule has 4 aromatic rings. The van der Waals surface area contributed by atoms with Crippen molar-refractivity contribution in [2.75, 3.05) is 6.79 Å². The summed E-state index contributed by atoms with van der Waals surface area (Å²) in [6.07, 6.45) is 0.372. The smallest absolute Gasteiger partial charge is 0.271 e. The summed E-state index contributed by atoms with van der Waals surface area (Å²) in [5, 5.41) is 7.25. The molecule has 26 heavy (non-hydrogen) atoms. The topological polar surface area (TPSA) is 103 Å². The number of H-pyrrole nitrogens is 1. The third kappa shape index (κ3) is 2.48. The molecular formula is C18H12N4O4. The maximum absolute atomic E-state index is 12.2. The van der Waals surface area contributed by atoms with Crippen LogP contribution in [0, 0.1) is 0 Å². The Morgan fingerprint density at radius 3 is 2.85 bits per heavy atom. The van der Waals surface area contributed by atoms with Gasteiger partial charge < -0.3 is 9.47 Å². The summed E-state index contributed by atoms with van der Waals surface area (Å²) in [7, 11) is 0. The van der Waals surface area contributed by atoms with Crippen LogP contribution >= 0.6 is 0 Å². The number of benzene rings is 2. The van der Waals surface area contributed by atoms with E-state index < -0.39 is 0 Å². The SMILES string of the molecule is O=c1[nH]c2nonc2nc1Cc1cccc(-c2ccc3c(c2)OCO3)c1. The van der Waals surface area contributed by atoms with E-state index in [1.165, 1.54) is 0 Å². The number of fused-ring (bicyclic) bond motifs is 2. The Morgan fingerprint density at radius 1 is 1.00 bits per heavy atom. The lowest BCUT2D eigenvalue weighted by Gasteiger charge is -2.06. The molecule has 8 nitrogen and oxygen atoms in total. The number of nitrogens with zero attached hydrogens (tertiary/aromatic N) is 3. The van der Waals surface area contributed by atoms with E-state index in [1.54, 1.807) is 0 Å². The lowest BCUT2D eigenvalue weighted by molar-refractivity contribution is 0.174. The highest BCUT2D eigenvalue weighted by Gasteiger charge is 2.14. The molecule has 0 aliphatic carbocycles. The Bertz CT molecular complexity index is 1180. The van der Waals surface area contributed by atoms with Gasteiger partial charge in [0.15, 0.2) is 11.5 Å². The number of nitrogens with one attached hydrogen (secondary N) is 1. The Labute approximate surface area is 146 Å². The number of ether oxygens (including phenoxy) is 2. The van der Waals surface area contributed by atoms with E-state index in [1.807, 2.05) is 42.5 Å². The van der Waals surface area contributed by atoms with Gasteiger partial charge in [0.25, 0.3) is 5.56 Å². The summed E-state index contributed by atoms with van der Waals surface area (Å²) in [6, 6.07) is 13.7. The molecule has 0 saturated heterocycles. The molecule has 0 unspecified atom stereocenters. The fourth-order valence-electron chi connectivity index (χ4n) is 2.94. The molecule has 3 heterocycles. The van der Waals surface area contributed by atoms with Crippen molar-refractivity contribution in [2.24, 2.45) is 0 Å². The van der Waals surface area contributed by atoms with E-state index in [0.717, 1.165) is 28.2 Å². The number of hydrogen-bond donors (Lipinski definition) is 1. The highest BCUT2D eigenvalue weighted by atomic mass is 16.7. The molecule has 1 aliphatic rings. The molecule has 0 atom stereocenters. The lowest BCUT2D eigenvalue weighted by atomic mass is 10.0. The van der Waals surface area contributed by atoms with Gasteiger partial charge in [-0.2, -0.15) is 0 Å². The van der Waals surface area contributed by atoms with Gasteiger partial charge in [0, 0.05) is 6.42 Å². The third-order valence-electron chi connectivity index (χ3n) is 4.21. The highest BCUT2D eigenvalue weighted by Crippen LogP contribution is 2.36. The van der Waals surface area contributed by atoms with Gasteiger partial charge in [-0.25, -0.2) is 9.61 Å². The Hall–Kier alpha value is -3.68. The fourth-order valence-corrected chi connectivity index (χ4v) is 2.94. The van der Waals surface area contributed by atoms with Crippen LogP contribution < -0.4 is 15.0 Å². The first-order chi connectivity index (χ1) is 12.8. The quantitative estimate of drug-likeness (QED) is 0.606. The largest absolute Gasteiger partial charge is 0.454 e. The zero-order valence-electron chi connectivity index (χ0n) is 13.4. The molecule has 2 aromatic heterocycles. The summed E-state index contributed by atoms with van der Waals surface area (Å²) in [6.45, 7) is 0.243. The zero-order valence-corrected chi connectivity index (χ0v) is 13.4. The lowest BCUT2D eigenvalue weighted by Crippen LogP contribution is -2.15. The second-order valence-corrected chi connectivity index (χ2v) is 5.89. The predicted octanol–water partition coefficient (Wildman–Crippen LogP) is 2.29. The highest BCUT2D eigenvalue weighted by molar-refractivity contribution is 5.68. The van der Waals surface area contributed by atoms with Crippen molar-refractivity contribution in [1.29, 1.82) is 0 Å². The molecule has 0 saturated carbocycles. The van der Waals surface area contributed by atoms with Crippen LogP contribution in [-0.2, 0) is 6.42 Å². The number of aromatic nitrogens is 4. The first-order valence-electron chi connectivity index (χ1n) is 7.97. The van der Waals surface area contributed by atoms with Crippen LogP contribution in [0.5, 0.6) is 11.5 Å². The number of aromatic amines is 1. The minimum absolute atomic E-state index is 0.243. The molecule has 5 rings (SSSR count). The Kier molecular flexibility index (Phi) is 3.21. The minimum Gasteiger partial charge on any atom is -0.454 e. The Balaban J connectivity index is 1.49. The molecule has 0 bridgehead atoms. The molecule has 0 amide bonds. The minimum atomic E-state index is -0.304. The van der Waals surface area contributed by atoms with Gasteiger partial charge in [-0.05, 0) is 39.1 Å². The average molecular weight is 348 g/mol. The van der Waals surface area contributed by atoms with E-state index in [4.69, 9.17) is 9.47 Å². The van der Waals surface area contributed by atoms with Gasteiger partial charge in [-0.1, -0.05) is 30.3 Å². The van der Waals surface area contributed by atoms with E-state index in [0.29, 0.717) is 12.1 Å². The van der Waals surface area contributed by atoms with Crippen molar-refractivity contribution in [3.8, 4) is 22.6 Å². The molecule has 1 aliphatic heterocycles. The molecule has 0 radical (unpaired) electrons. The van der Waals surface area contributed by atoms with Gasteiger partial charge in [0.05, 0.1) is 0 Å². The van der Waals surface area contributed by atoms with Gasteiger partial charge >= 0.3 is 0 Å². The van der Waals surface area contributed by atoms with Gasteiger partial charge in [0.1, 0.15) is 5.69 Å². The van der Waals surface area contributed by atoms with Crippen LogP contribution in [0.3, 0.4) is 0 Å². The van der Waals surface area contributed by atoms with Gasteiger partial charge in [-0.3, -0.25) is 9.78 Å². The maximum atomic E-state index is 12.2. The van der Waals surface area contributed by atoms with Crippen molar-refractivity contribution < 1.29 is 14.1 Å². The first-order valence-corrected chi connectivity index (χ1v) is 7.97. The summed E-state index contributed by atoms with van der Waals surface area (Å²) in [5.41, 5.74) is 3.56. The van der Waals surface area contributed by atoms with Crippen molar-refractivity contribution >= 4 is 11.3 Å².